The van der Waals surface area contributed by atoms with E-state index in [1.807, 2.05) is 0 Å². The van der Waals surface area contributed by atoms with Gasteiger partial charge in [-0.05, 0) is 43.9 Å². The Labute approximate surface area is 158 Å². The standard InChI is InChI=1S/C17H22ClNO6S/c1-3-25-16(20)8-9-19(11-12-4-5-12)26(22,23)15-7-6-13(10-14(15)18)17(21)24-2/h6-7,10,12H,3-5,8-9,11H2,1-2H3. The van der Waals surface area contributed by atoms with Gasteiger partial charge in [0.1, 0.15) is 4.90 Å². The third-order valence-corrected chi connectivity index (χ3v) is 6.35. The highest BCUT2D eigenvalue weighted by Gasteiger charge is 2.33. The van der Waals surface area contributed by atoms with Gasteiger partial charge >= 0.3 is 11.9 Å². The number of esters is 2. The SMILES string of the molecule is CCOC(=O)CCN(CC1CC1)S(=O)(=O)c1ccc(C(=O)OC)cc1Cl. The van der Waals surface area contributed by atoms with Gasteiger partial charge in [-0.1, -0.05) is 11.6 Å². The van der Waals surface area contributed by atoms with E-state index in [1.54, 1.807) is 6.92 Å². The lowest BCUT2D eigenvalue weighted by atomic mass is 10.2. The van der Waals surface area contributed by atoms with Gasteiger partial charge in [0.25, 0.3) is 0 Å². The molecule has 0 aromatic heterocycles. The molecule has 1 aliphatic rings. The predicted octanol–water partition coefficient (Wildman–Crippen LogP) is 2.48. The summed E-state index contributed by atoms with van der Waals surface area (Å²) in [5.41, 5.74) is 0.164. The second-order valence-electron chi connectivity index (χ2n) is 6.00. The van der Waals surface area contributed by atoms with Crippen LogP contribution < -0.4 is 0 Å². The van der Waals surface area contributed by atoms with Crippen molar-refractivity contribution in [2.24, 2.45) is 5.92 Å². The fourth-order valence-corrected chi connectivity index (χ4v) is 4.48. The van der Waals surface area contributed by atoms with Crippen LogP contribution in [-0.4, -0.2) is 51.5 Å². The van der Waals surface area contributed by atoms with Crippen LogP contribution in [0.1, 0.15) is 36.5 Å². The fourth-order valence-electron chi connectivity index (χ4n) is 2.44. The van der Waals surface area contributed by atoms with Gasteiger partial charge in [0.2, 0.25) is 10.0 Å². The molecule has 0 aliphatic heterocycles. The van der Waals surface area contributed by atoms with Crippen LogP contribution in [0.25, 0.3) is 0 Å². The Kier molecular flexibility index (Phi) is 7.02. The second kappa shape index (κ2) is 8.83. The molecule has 9 heteroatoms. The maximum absolute atomic E-state index is 13.0. The van der Waals surface area contributed by atoms with E-state index in [4.69, 9.17) is 16.3 Å². The van der Waals surface area contributed by atoms with Crippen LogP contribution in [0.5, 0.6) is 0 Å². The number of ether oxygens (including phenoxy) is 2. The number of hydrogen-bond donors (Lipinski definition) is 0. The van der Waals surface area contributed by atoms with Crippen molar-refractivity contribution in [2.45, 2.75) is 31.1 Å². The molecule has 0 unspecified atom stereocenters. The van der Waals surface area contributed by atoms with Gasteiger partial charge in [-0.15, -0.1) is 0 Å². The number of rotatable bonds is 9. The minimum Gasteiger partial charge on any atom is -0.466 e. The molecular weight excluding hydrogens is 382 g/mol. The molecule has 1 aromatic rings. The van der Waals surface area contributed by atoms with E-state index < -0.39 is 22.0 Å². The Hall–Kier alpha value is -1.64. The van der Waals surface area contributed by atoms with Gasteiger partial charge in [0.15, 0.2) is 0 Å². The lowest BCUT2D eigenvalue weighted by Crippen LogP contribution is -2.35. The second-order valence-corrected chi connectivity index (χ2v) is 8.31. The molecule has 1 aliphatic carbocycles. The van der Waals surface area contributed by atoms with Crippen molar-refractivity contribution in [2.75, 3.05) is 26.8 Å². The molecule has 0 atom stereocenters. The van der Waals surface area contributed by atoms with E-state index in [0.717, 1.165) is 12.8 Å². The molecule has 0 saturated heterocycles. The van der Waals surface area contributed by atoms with Crippen LogP contribution in [0.3, 0.4) is 0 Å². The summed E-state index contributed by atoms with van der Waals surface area (Å²) in [6.07, 6.45) is 1.89. The molecule has 0 heterocycles. The number of nitrogens with zero attached hydrogens (tertiary/aromatic N) is 1. The Bertz CT molecular complexity index is 775. The molecule has 2 rings (SSSR count). The lowest BCUT2D eigenvalue weighted by molar-refractivity contribution is -0.143. The first-order chi connectivity index (χ1) is 12.3. The predicted molar refractivity (Wildman–Crippen MR) is 95.5 cm³/mol. The highest BCUT2D eigenvalue weighted by atomic mass is 35.5. The van der Waals surface area contributed by atoms with Crippen molar-refractivity contribution in [3.63, 3.8) is 0 Å². The first-order valence-corrected chi connectivity index (χ1v) is 10.1. The van der Waals surface area contributed by atoms with Gasteiger partial charge in [0, 0.05) is 13.1 Å². The number of halogens is 1. The third kappa shape index (κ3) is 5.18. The van der Waals surface area contributed by atoms with Gasteiger partial charge in [-0.2, -0.15) is 4.31 Å². The Morgan fingerprint density at radius 2 is 2.00 bits per heavy atom. The van der Waals surface area contributed by atoms with Crippen LogP contribution in [0.2, 0.25) is 5.02 Å². The number of methoxy groups -OCH3 is 1. The quantitative estimate of drug-likeness (QED) is 0.588. The summed E-state index contributed by atoms with van der Waals surface area (Å²) in [4.78, 5) is 23.1. The normalized spacial score (nSPS) is 14.3. The van der Waals surface area contributed by atoms with Crippen molar-refractivity contribution >= 4 is 33.6 Å². The molecule has 1 fully saturated rings. The maximum atomic E-state index is 13.0. The average Bonchev–Trinajstić information content (AvgIpc) is 3.41. The zero-order valence-corrected chi connectivity index (χ0v) is 16.3. The van der Waals surface area contributed by atoms with E-state index in [0.29, 0.717) is 12.5 Å². The summed E-state index contributed by atoms with van der Waals surface area (Å²) in [6, 6.07) is 3.90. The zero-order valence-electron chi connectivity index (χ0n) is 14.7. The molecule has 1 aromatic carbocycles. The number of carbonyl (C=O) groups is 2. The van der Waals surface area contributed by atoms with Gasteiger partial charge in [-0.3, -0.25) is 4.79 Å². The third-order valence-electron chi connectivity index (χ3n) is 4.00. The fraction of sp³-hybridized carbons (Fsp3) is 0.529. The molecule has 1 saturated carbocycles. The number of carbonyl (C=O) groups excluding carboxylic acids is 2. The van der Waals surface area contributed by atoms with Gasteiger partial charge in [-0.25, -0.2) is 13.2 Å². The Morgan fingerprint density at radius 1 is 1.31 bits per heavy atom. The van der Waals surface area contributed by atoms with Crippen molar-refractivity contribution in [3.8, 4) is 0 Å². The van der Waals surface area contributed by atoms with Crippen LogP contribution in [0.4, 0.5) is 0 Å². The van der Waals surface area contributed by atoms with E-state index in [1.165, 1.54) is 29.6 Å². The highest BCUT2D eigenvalue weighted by molar-refractivity contribution is 7.89. The van der Waals surface area contributed by atoms with Crippen LogP contribution in [0.15, 0.2) is 23.1 Å². The minimum atomic E-state index is -3.91. The van der Waals surface area contributed by atoms with Crippen molar-refractivity contribution in [3.05, 3.63) is 28.8 Å². The molecule has 0 N–H and O–H groups in total. The number of sulfonamides is 1. The summed E-state index contributed by atoms with van der Waals surface area (Å²) < 4.78 is 36.8. The van der Waals surface area contributed by atoms with Crippen molar-refractivity contribution < 1.29 is 27.5 Å². The smallest absolute Gasteiger partial charge is 0.337 e. The summed E-state index contributed by atoms with van der Waals surface area (Å²) in [6.45, 7) is 2.29. The maximum Gasteiger partial charge on any atom is 0.337 e. The summed E-state index contributed by atoms with van der Waals surface area (Å²) in [5, 5.41) is -0.0650. The monoisotopic (exact) mass is 403 g/mol. The van der Waals surface area contributed by atoms with Crippen molar-refractivity contribution in [1.82, 2.24) is 4.31 Å². The Morgan fingerprint density at radius 3 is 2.54 bits per heavy atom. The first kappa shape index (κ1) is 20.7. The zero-order chi connectivity index (χ0) is 19.3. The van der Waals surface area contributed by atoms with Gasteiger partial charge < -0.3 is 9.47 Å². The van der Waals surface area contributed by atoms with Crippen molar-refractivity contribution in [1.29, 1.82) is 0 Å². The van der Waals surface area contributed by atoms with Crippen LogP contribution in [0, 0.1) is 5.92 Å². The first-order valence-electron chi connectivity index (χ1n) is 8.33. The molecule has 0 amide bonds. The summed E-state index contributed by atoms with van der Waals surface area (Å²) >= 11 is 6.12. The molecule has 26 heavy (non-hydrogen) atoms. The number of hydrogen-bond acceptors (Lipinski definition) is 6. The topological polar surface area (TPSA) is 90.0 Å². The molecular formula is C17H22ClNO6S. The number of benzene rings is 1. The molecule has 144 valence electrons. The molecule has 7 nitrogen and oxygen atoms in total. The van der Waals surface area contributed by atoms with E-state index >= 15 is 0 Å². The Balaban J connectivity index is 2.24. The van der Waals surface area contributed by atoms with E-state index in [2.05, 4.69) is 4.74 Å². The largest absolute Gasteiger partial charge is 0.466 e. The average molecular weight is 404 g/mol. The summed E-state index contributed by atoms with van der Waals surface area (Å²) in [7, 11) is -2.68. The van der Waals surface area contributed by atoms with Crippen LogP contribution in [-0.2, 0) is 24.3 Å². The van der Waals surface area contributed by atoms with E-state index in [9.17, 15) is 18.0 Å². The molecule has 0 spiro atoms. The summed E-state index contributed by atoms with van der Waals surface area (Å²) in [5.74, 6) is -0.760. The molecule has 0 radical (unpaired) electrons. The van der Waals surface area contributed by atoms with Crippen LogP contribution >= 0.6 is 11.6 Å². The van der Waals surface area contributed by atoms with Gasteiger partial charge in [0.05, 0.1) is 30.7 Å². The highest BCUT2D eigenvalue weighted by Crippen LogP contribution is 2.33. The lowest BCUT2D eigenvalue weighted by Gasteiger charge is -2.22. The molecule has 0 bridgehead atoms. The minimum absolute atomic E-state index is 0.0206. The van der Waals surface area contributed by atoms with E-state index in [-0.39, 0.29) is 35.1 Å².